The molecule has 2 atom stereocenters. The molecule has 1 aliphatic rings. The molecule has 1 saturated heterocycles. The first-order chi connectivity index (χ1) is 4.38. The second-order valence-electron chi connectivity index (χ2n) is 4.62. The van der Waals surface area contributed by atoms with Crippen molar-refractivity contribution in [1.82, 2.24) is 0 Å². The van der Waals surface area contributed by atoms with Gasteiger partial charge in [0.2, 0.25) is 0 Å². The molecule has 1 heterocycles. The Balaban J connectivity index is 2.70. The van der Waals surface area contributed by atoms with Gasteiger partial charge < -0.3 is 4.74 Å². The van der Waals surface area contributed by atoms with Gasteiger partial charge in [-0.25, -0.2) is 0 Å². The molecule has 60 valence electrons. The molecule has 0 aromatic carbocycles. The van der Waals surface area contributed by atoms with Crippen molar-refractivity contribution in [1.29, 1.82) is 0 Å². The molecule has 0 aliphatic carbocycles. The van der Waals surface area contributed by atoms with Gasteiger partial charge in [-0.05, 0) is 12.3 Å². The summed E-state index contributed by atoms with van der Waals surface area (Å²) in [5, 5.41) is 0. The van der Waals surface area contributed by atoms with Gasteiger partial charge in [-0.3, -0.25) is 0 Å². The molecule has 0 amide bonds. The number of hydrogen-bond donors (Lipinski definition) is 0. The SMILES string of the molecule is C[C@H]1OC[C@]1(C)C(C)(C)C. The molecule has 0 aromatic heterocycles. The highest BCUT2D eigenvalue weighted by molar-refractivity contribution is 4.96. The molecule has 1 fully saturated rings. The Morgan fingerprint density at radius 2 is 1.90 bits per heavy atom. The molecule has 0 unspecified atom stereocenters. The summed E-state index contributed by atoms with van der Waals surface area (Å²) in [7, 11) is 0. The average Bonchev–Trinajstić information content (AvgIpc) is 1.80. The summed E-state index contributed by atoms with van der Waals surface area (Å²) in [6, 6.07) is 0. The summed E-state index contributed by atoms with van der Waals surface area (Å²) < 4.78 is 5.37. The van der Waals surface area contributed by atoms with Crippen molar-refractivity contribution in [3.63, 3.8) is 0 Å². The van der Waals surface area contributed by atoms with E-state index >= 15 is 0 Å². The van der Waals surface area contributed by atoms with Crippen LogP contribution in [-0.4, -0.2) is 12.7 Å². The zero-order valence-corrected chi connectivity index (χ0v) is 7.69. The van der Waals surface area contributed by atoms with Crippen LogP contribution in [0.15, 0.2) is 0 Å². The van der Waals surface area contributed by atoms with Crippen LogP contribution in [0.4, 0.5) is 0 Å². The van der Waals surface area contributed by atoms with Gasteiger partial charge in [0, 0.05) is 5.41 Å². The van der Waals surface area contributed by atoms with E-state index in [2.05, 4.69) is 34.6 Å². The van der Waals surface area contributed by atoms with Crippen molar-refractivity contribution in [3.05, 3.63) is 0 Å². The van der Waals surface area contributed by atoms with Gasteiger partial charge in [0.25, 0.3) is 0 Å². The van der Waals surface area contributed by atoms with E-state index < -0.39 is 0 Å². The fourth-order valence-corrected chi connectivity index (χ4v) is 1.33. The van der Waals surface area contributed by atoms with Crippen molar-refractivity contribution in [2.45, 2.75) is 40.7 Å². The summed E-state index contributed by atoms with van der Waals surface area (Å²) in [6.07, 6.45) is 0.438. The van der Waals surface area contributed by atoms with Gasteiger partial charge in [-0.1, -0.05) is 27.7 Å². The molecule has 1 rings (SSSR count). The van der Waals surface area contributed by atoms with E-state index in [0.29, 0.717) is 16.9 Å². The maximum absolute atomic E-state index is 5.37. The van der Waals surface area contributed by atoms with Gasteiger partial charge >= 0.3 is 0 Å². The predicted octanol–water partition coefficient (Wildman–Crippen LogP) is 2.46. The summed E-state index contributed by atoms with van der Waals surface area (Å²) in [6.45, 7) is 12.2. The molecule has 0 bridgehead atoms. The van der Waals surface area contributed by atoms with Gasteiger partial charge in [-0.2, -0.15) is 0 Å². The quantitative estimate of drug-likeness (QED) is 0.505. The minimum atomic E-state index is 0.380. The summed E-state index contributed by atoms with van der Waals surface area (Å²) in [5.74, 6) is 0. The standard InChI is InChI=1S/C9H18O/c1-7-9(5,6-10-7)8(2,3)4/h7H,6H2,1-5H3/t7-,9+/m1/s1. The maximum Gasteiger partial charge on any atom is 0.0627 e. The molecule has 10 heavy (non-hydrogen) atoms. The fraction of sp³-hybridized carbons (Fsp3) is 1.00. The first-order valence-corrected chi connectivity index (χ1v) is 3.99. The van der Waals surface area contributed by atoms with E-state index in [1.165, 1.54) is 0 Å². The summed E-state index contributed by atoms with van der Waals surface area (Å²) in [5.41, 5.74) is 0.775. The van der Waals surface area contributed by atoms with Crippen LogP contribution in [0.1, 0.15) is 34.6 Å². The number of ether oxygens (including phenoxy) is 1. The third-order valence-corrected chi connectivity index (χ3v) is 3.24. The molecule has 1 heteroatoms. The highest BCUT2D eigenvalue weighted by Crippen LogP contribution is 2.48. The molecule has 0 radical (unpaired) electrons. The predicted molar refractivity (Wildman–Crippen MR) is 43.0 cm³/mol. The molecule has 0 N–H and O–H groups in total. The van der Waals surface area contributed by atoms with Crippen LogP contribution in [-0.2, 0) is 4.74 Å². The van der Waals surface area contributed by atoms with Gasteiger partial charge in [-0.15, -0.1) is 0 Å². The molecule has 0 spiro atoms. The lowest BCUT2D eigenvalue weighted by atomic mass is 9.62. The van der Waals surface area contributed by atoms with Crippen LogP contribution >= 0.6 is 0 Å². The molecular weight excluding hydrogens is 124 g/mol. The largest absolute Gasteiger partial charge is 0.377 e. The van der Waals surface area contributed by atoms with E-state index in [1.54, 1.807) is 0 Å². The Kier molecular flexibility index (Phi) is 1.59. The molecule has 0 aromatic rings. The highest BCUT2D eigenvalue weighted by Gasteiger charge is 2.49. The normalized spacial score (nSPS) is 41.1. The second kappa shape index (κ2) is 1.97. The molecule has 1 nitrogen and oxygen atoms in total. The van der Waals surface area contributed by atoms with Crippen LogP contribution in [0.3, 0.4) is 0 Å². The van der Waals surface area contributed by atoms with E-state index in [-0.39, 0.29) is 0 Å². The zero-order valence-electron chi connectivity index (χ0n) is 7.69. The first-order valence-electron chi connectivity index (χ1n) is 3.99. The third-order valence-electron chi connectivity index (χ3n) is 3.24. The Bertz CT molecular complexity index is 134. The Morgan fingerprint density at radius 1 is 1.40 bits per heavy atom. The van der Waals surface area contributed by atoms with Crippen LogP contribution in [0, 0.1) is 10.8 Å². The first kappa shape index (κ1) is 8.06. The Morgan fingerprint density at radius 3 is 1.90 bits per heavy atom. The lowest BCUT2D eigenvalue weighted by Gasteiger charge is -2.53. The minimum Gasteiger partial charge on any atom is -0.377 e. The van der Waals surface area contributed by atoms with Crippen LogP contribution in [0.2, 0.25) is 0 Å². The molecule has 0 saturated carbocycles. The Labute approximate surface area is 63.8 Å². The maximum atomic E-state index is 5.37. The van der Waals surface area contributed by atoms with Gasteiger partial charge in [0.05, 0.1) is 12.7 Å². The van der Waals surface area contributed by atoms with E-state index in [1.807, 2.05) is 0 Å². The average molecular weight is 142 g/mol. The van der Waals surface area contributed by atoms with Crippen molar-refractivity contribution in [2.24, 2.45) is 10.8 Å². The van der Waals surface area contributed by atoms with E-state index in [4.69, 9.17) is 4.74 Å². The second-order valence-corrected chi connectivity index (χ2v) is 4.62. The summed E-state index contributed by atoms with van der Waals surface area (Å²) >= 11 is 0. The van der Waals surface area contributed by atoms with Crippen LogP contribution < -0.4 is 0 Å². The van der Waals surface area contributed by atoms with Crippen molar-refractivity contribution < 1.29 is 4.74 Å². The molecular formula is C9H18O. The van der Waals surface area contributed by atoms with E-state index in [9.17, 15) is 0 Å². The zero-order chi connectivity index (χ0) is 7.99. The molecule has 1 aliphatic heterocycles. The van der Waals surface area contributed by atoms with Crippen molar-refractivity contribution in [3.8, 4) is 0 Å². The van der Waals surface area contributed by atoms with Crippen LogP contribution in [0.5, 0.6) is 0 Å². The van der Waals surface area contributed by atoms with E-state index in [0.717, 1.165) is 6.61 Å². The van der Waals surface area contributed by atoms with Crippen molar-refractivity contribution in [2.75, 3.05) is 6.61 Å². The third kappa shape index (κ3) is 0.878. The lowest BCUT2D eigenvalue weighted by Crippen LogP contribution is -2.55. The number of hydrogen-bond acceptors (Lipinski definition) is 1. The van der Waals surface area contributed by atoms with Crippen LogP contribution in [0.25, 0.3) is 0 Å². The smallest absolute Gasteiger partial charge is 0.0627 e. The minimum absolute atomic E-state index is 0.380. The van der Waals surface area contributed by atoms with Crippen molar-refractivity contribution >= 4 is 0 Å². The number of rotatable bonds is 0. The Hall–Kier alpha value is -0.0400. The van der Waals surface area contributed by atoms with Gasteiger partial charge in [0.15, 0.2) is 0 Å². The van der Waals surface area contributed by atoms with Gasteiger partial charge in [0.1, 0.15) is 0 Å². The summed E-state index contributed by atoms with van der Waals surface area (Å²) in [4.78, 5) is 0. The fourth-order valence-electron chi connectivity index (χ4n) is 1.33. The highest BCUT2D eigenvalue weighted by atomic mass is 16.5. The monoisotopic (exact) mass is 142 g/mol. The lowest BCUT2D eigenvalue weighted by molar-refractivity contribution is -0.215. The topological polar surface area (TPSA) is 9.23 Å².